The second kappa shape index (κ2) is 9.77. The number of benzene rings is 2. The van der Waals surface area contributed by atoms with Gasteiger partial charge in [-0.3, -0.25) is 4.79 Å². The maximum Gasteiger partial charge on any atom is 0.337 e. The van der Waals surface area contributed by atoms with Gasteiger partial charge in [-0.25, -0.2) is 4.79 Å². The Hall–Kier alpha value is -2.81. The van der Waals surface area contributed by atoms with Crippen molar-refractivity contribution in [2.24, 2.45) is 0 Å². The quantitative estimate of drug-likeness (QED) is 0.539. The molecular formula is C18H17F2NO5S. The van der Waals surface area contributed by atoms with Gasteiger partial charge in [0.1, 0.15) is 0 Å². The van der Waals surface area contributed by atoms with E-state index >= 15 is 0 Å². The van der Waals surface area contributed by atoms with E-state index in [1.807, 2.05) is 0 Å². The summed E-state index contributed by atoms with van der Waals surface area (Å²) >= 11 is 0.425. The minimum Gasteiger partial charge on any atom is -0.493 e. The summed E-state index contributed by atoms with van der Waals surface area (Å²) in [5, 5.41) is 2.59. The van der Waals surface area contributed by atoms with E-state index in [2.05, 4.69) is 10.1 Å². The largest absolute Gasteiger partial charge is 0.493 e. The number of rotatable bonds is 8. The third kappa shape index (κ3) is 6.14. The van der Waals surface area contributed by atoms with Crippen molar-refractivity contribution in [2.75, 3.05) is 26.1 Å². The van der Waals surface area contributed by atoms with Crippen LogP contribution < -0.4 is 14.8 Å². The lowest BCUT2D eigenvalue weighted by atomic mass is 10.2. The van der Waals surface area contributed by atoms with E-state index in [0.717, 1.165) is 0 Å². The van der Waals surface area contributed by atoms with Crippen molar-refractivity contribution in [1.29, 1.82) is 0 Å². The van der Waals surface area contributed by atoms with Gasteiger partial charge in [-0.2, -0.15) is 8.78 Å². The van der Waals surface area contributed by atoms with Crippen molar-refractivity contribution in [3.05, 3.63) is 48.0 Å². The van der Waals surface area contributed by atoms with Crippen LogP contribution in [-0.4, -0.2) is 38.5 Å². The van der Waals surface area contributed by atoms with Crippen LogP contribution in [0.5, 0.6) is 11.5 Å². The van der Waals surface area contributed by atoms with Crippen molar-refractivity contribution in [3.63, 3.8) is 0 Å². The molecule has 0 aliphatic heterocycles. The summed E-state index contributed by atoms with van der Waals surface area (Å²) in [5.41, 5.74) is 0.739. The molecule has 0 saturated carbocycles. The maximum atomic E-state index is 12.3. The van der Waals surface area contributed by atoms with Gasteiger partial charge >= 0.3 is 5.97 Å². The molecule has 144 valence electrons. The molecule has 0 heterocycles. The van der Waals surface area contributed by atoms with Gasteiger partial charge in [-0.15, -0.1) is 0 Å². The van der Waals surface area contributed by atoms with Crippen molar-refractivity contribution in [1.82, 2.24) is 0 Å². The van der Waals surface area contributed by atoms with Gasteiger partial charge < -0.3 is 19.5 Å². The predicted molar refractivity (Wildman–Crippen MR) is 96.8 cm³/mol. The molecule has 1 amide bonds. The topological polar surface area (TPSA) is 73.9 Å². The fourth-order valence-electron chi connectivity index (χ4n) is 2.09. The fourth-order valence-corrected chi connectivity index (χ4v) is 2.59. The van der Waals surface area contributed by atoms with Gasteiger partial charge in [-0.05, 0) is 42.5 Å². The first-order chi connectivity index (χ1) is 12.9. The van der Waals surface area contributed by atoms with Crippen molar-refractivity contribution < 1.29 is 32.6 Å². The molecule has 0 aliphatic rings. The van der Waals surface area contributed by atoms with Crippen LogP contribution >= 0.6 is 11.8 Å². The average Bonchev–Trinajstić information content (AvgIpc) is 2.66. The summed E-state index contributed by atoms with van der Waals surface area (Å²) < 4.78 is 39.8. The van der Waals surface area contributed by atoms with E-state index in [1.54, 1.807) is 0 Å². The molecule has 0 radical (unpaired) electrons. The van der Waals surface area contributed by atoms with E-state index in [1.165, 1.54) is 56.7 Å². The van der Waals surface area contributed by atoms with Crippen molar-refractivity contribution >= 4 is 29.3 Å². The number of hydrogen-bond donors (Lipinski definition) is 1. The number of ether oxygens (including phenoxy) is 3. The first kappa shape index (κ1) is 20.5. The van der Waals surface area contributed by atoms with Gasteiger partial charge in [0.25, 0.3) is 11.7 Å². The molecule has 0 saturated heterocycles. The number of esters is 1. The summed E-state index contributed by atoms with van der Waals surface area (Å²) in [6, 6.07) is 10.4. The zero-order chi connectivity index (χ0) is 19.8. The number of halogens is 2. The predicted octanol–water partition coefficient (Wildman–Crippen LogP) is 3.81. The smallest absolute Gasteiger partial charge is 0.337 e. The number of hydrogen-bond acceptors (Lipinski definition) is 6. The van der Waals surface area contributed by atoms with Crippen LogP contribution in [-0.2, 0) is 9.53 Å². The van der Waals surface area contributed by atoms with E-state index in [4.69, 9.17) is 9.47 Å². The average molecular weight is 397 g/mol. The van der Waals surface area contributed by atoms with Gasteiger partial charge in [0.05, 0.1) is 19.8 Å². The van der Waals surface area contributed by atoms with E-state index in [-0.39, 0.29) is 23.7 Å². The maximum absolute atomic E-state index is 12.3. The van der Waals surface area contributed by atoms with Crippen LogP contribution in [0.15, 0.2) is 47.4 Å². The number of anilines is 1. The lowest BCUT2D eigenvalue weighted by Gasteiger charge is -2.12. The third-order valence-electron chi connectivity index (χ3n) is 3.31. The van der Waals surface area contributed by atoms with Crippen LogP contribution in [0.3, 0.4) is 0 Å². The van der Waals surface area contributed by atoms with Crippen molar-refractivity contribution in [3.8, 4) is 11.5 Å². The molecule has 2 aromatic carbocycles. The monoisotopic (exact) mass is 397 g/mol. The highest BCUT2D eigenvalue weighted by molar-refractivity contribution is 7.99. The van der Waals surface area contributed by atoms with Gasteiger partial charge in [0.15, 0.2) is 18.1 Å². The summed E-state index contributed by atoms with van der Waals surface area (Å²) in [5.74, 6) is -2.91. The first-order valence-corrected chi connectivity index (χ1v) is 8.54. The highest BCUT2D eigenvalue weighted by atomic mass is 32.2. The summed E-state index contributed by atoms with van der Waals surface area (Å²) in [6.45, 7) is -0.304. The van der Waals surface area contributed by atoms with Crippen LogP contribution in [0.2, 0.25) is 0 Å². The molecule has 0 unspecified atom stereocenters. The minimum atomic E-state index is -2.50. The molecule has 0 aliphatic carbocycles. The number of amides is 1. The molecule has 0 bridgehead atoms. The lowest BCUT2D eigenvalue weighted by Crippen LogP contribution is -2.20. The van der Waals surface area contributed by atoms with Crippen LogP contribution in [0.1, 0.15) is 10.4 Å². The van der Waals surface area contributed by atoms with Gasteiger partial charge in [0.2, 0.25) is 0 Å². The third-order valence-corrected chi connectivity index (χ3v) is 4.03. The molecule has 0 spiro atoms. The number of carbonyl (C=O) groups is 2. The molecule has 6 nitrogen and oxygen atoms in total. The van der Waals surface area contributed by atoms with Crippen LogP contribution in [0.4, 0.5) is 14.5 Å². The Morgan fingerprint density at radius 2 is 1.78 bits per heavy atom. The zero-order valence-electron chi connectivity index (χ0n) is 14.5. The van der Waals surface area contributed by atoms with E-state index < -0.39 is 17.6 Å². The first-order valence-electron chi connectivity index (χ1n) is 7.67. The number of carbonyl (C=O) groups excluding carboxylic acids is 2. The van der Waals surface area contributed by atoms with Crippen LogP contribution in [0, 0.1) is 0 Å². The van der Waals surface area contributed by atoms with E-state index in [9.17, 15) is 18.4 Å². The molecule has 0 aromatic heterocycles. The number of methoxy groups -OCH3 is 2. The van der Waals surface area contributed by atoms with E-state index in [0.29, 0.717) is 22.3 Å². The molecule has 2 rings (SSSR count). The summed E-state index contributed by atoms with van der Waals surface area (Å²) in [6.07, 6.45) is 0. The van der Waals surface area contributed by atoms with Crippen LogP contribution in [0.25, 0.3) is 0 Å². The normalized spacial score (nSPS) is 10.4. The molecule has 1 N–H and O–H groups in total. The lowest BCUT2D eigenvalue weighted by molar-refractivity contribution is -0.118. The molecule has 9 heteroatoms. The summed E-state index contributed by atoms with van der Waals surface area (Å²) in [4.78, 5) is 23.9. The standard InChI is InChI=1S/C18H17F2NO5S/c1-24-15-9-11(17(23)25-2)3-8-14(15)26-10-16(22)21-12-4-6-13(7-5-12)27-18(19)20/h3-9,18H,10H2,1-2H3,(H,21,22). The Kier molecular flexibility index (Phi) is 7.42. The van der Waals surface area contributed by atoms with Gasteiger partial charge in [0, 0.05) is 10.6 Å². The Morgan fingerprint density at radius 1 is 1.07 bits per heavy atom. The number of thioether (sulfide) groups is 1. The zero-order valence-corrected chi connectivity index (χ0v) is 15.3. The summed E-state index contributed by atoms with van der Waals surface area (Å²) in [7, 11) is 2.67. The number of nitrogens with one attached hydrogen (secondary N) is 1. The molecule has 27 heavy (non-hydrogen) atoms. The molecule has 2 aromatic rings. The molecular weight excluding hydrogens is 380 g/mol. The highest BCUT2D eigenvalue weighted by Gasteiger charge is 2.13. The second-order valence-electron chi connectivity index (χ2n) is 5.10. The highest BCUT2D eigenvalue weighted by Crippen LogP contribution is 2.29. The Morgan fingerprint density at radius 3 is 2.37 bits per heavy atom. The fraction of sp³-hybridized carbons (Fsp3) is 0.222. The SMILES string of the molecule is COC(=O)c1ccc(OCC(=O)Nc2ccc(SC(F)F)cc2)c(OC)c1. The second-order valence-corrected chi connectivity index (χ2v) is 6.16. The van der Waals surface area contributed by atoms with Crippen molar-refractivity contribution in [2.45, 2.75) is 10.7 Å². The Labute approximate surface area is 158 Å². The Balaban J connectivity index is 1.94. The molecule has 0 fully saturated rings. The minimum absolute atomic E-state index is 0.277. The van der Waals surface area contributed by atoms with Gasteiger partial charge in [-0.1, -0.05) is 11.8 Å². The molecule has 0 atom stereocenters. The number of alkyl halides is 2. The Bertz CT molecular complexity index is 799.